The molecule has 1 aliphatic rings. The summed E-state index contributed by atoms with van der Waals surface area (Å²) in [5, 5.41) is 0. The molecule has 0 amide bonds. The lowest BCUT2D eigenvalue weighted by atomic mass is 10.1. The molecule has 2 aromatic rings. The molecule has 1 aliphatic carbocycles. The van der Waals surface area contributed by atoms with Crippen molar-refractivity contribution in [1.82, 2.24) is 0 Å². The van der Waals surface area contributed by atoms with E-state index in [1.54, 1.807) is 0 Å². The van der Waals surface area contributed by atoms with Crippen molar-refractivity contribution in [2.45, 2.75) is 4.83 Å². The number of rotatable bonds is 1. The molecule has 0 bridgehead atoms. The fraction of sp³-hybridized carbons (Fsp3) is 0.200. The van der Waals surface area contributed by atoms with Gasteiger partial charge in [-0.25, -0.2) is 0 Å². The summed E-state index contributed by atoms with van der Waals surface area (Å²) in [6.07, 6.45) is 0. The molecule has 0 saturated carbocycles. The first-order valence-corrected chi connectivity index (χ1v) is 6.64. The number of hydrogen-bond acceptors (Lipinski definition) is 1. The van der Waals surface area contributed by atoms with Gasteiger partial charge < -0.3 is 4.90 Å². The molecular weight excluding hydrogens is 274 g/mol. The molecule has 3 rings (SSSR count). The SMILES string of the molecule is CN(C)c1ccc2c(c1)[C@@H](Br)c1ccccc1-2. The third-order valence-electron chi connectivity index (χ3n) is 3.35. The molecule has 2 heteroatoms. The average Bonchev–Trinajstić information content (AvgIpc) is 2.64. The van der Waals surface area contributed by atoms with Crippen LogP contribution in [0.4, 0.5) is 5.69 Å². The Morgan fingerprint density at radius 3 is 2.41 bits per heavy atom. The number of hydrogen-bond donors (Lipinski definition) is 0. The van der Waals surface area contributed by atoms with Crippen LogP contribution in [0.2, 0.25) is 0 Å². The lowest BCUT2D eigenvalue weighted by molar-refractivity contribution is 1.12. The summed E-state index contributed by atoms with van der Waals surface area (Å²) in [4.78, 5) is 2.47. The van der Waals surface area contributed by atoms with Crippen molar-refractivity contribution in [2.24, 2.45) is 0 Å². The van der Waals surface area contributed by atoms with Crippen LogP contribution in [0.1, 0.15) is 16.0 Å². The van der Waals surface area contributed by atoms with Crippen LogP contribution in [0.25, 0.3) is 11.1 Å². The number of benzene rings is 2. The highest BCUT2D eigenvalue weighted by Gasteiger charge is 2.26. The summed E-state index contributed by atoms with van der Waals surface area (Å²) in [6, 6.07) is 15.3. The zero-order valence-corrected chi connectivity index (χ0v) is 11.5. The fourth-order valence-corrected chi connectivity index (χ4v) is 3.19. The minimum atomic E-state index is 0.327. The van der Waals surface area contributed by atoms with Gasteiger partial charge in [0.1, 0.15) is 0 Å². The minimum Gasteiger partial charge on any atom is -0.378 e. The van der Waals surface area contributed by atoms with E-state index in [4.69, 9.17) is 0 Å². The maximum Gasteiger partial charge on any atom is 0.0657 e. The van der Waals surface area contributed by atoms with Crippen molar-refractivity contribution in [3.05, 3.63) is 53.6 Å². The van der Waals surface area contributed by atoms with Crippen LogP contribution in [-0.2, 0) is 0 Å². The van der Waals surface area contributed by atoms with E-state index in [2.05, 4.69) is 77.4 Å². The van der Waals surface area contributed by atoms with Crippen LogP contribution in [0, 0.1) is 0 Å². The predicted octanol–water partition coefficient (Wildman–Crippen LogP) is 4.22. The van der Waals surface area contributed by atoms with E-state index >= 15 is 0 Å². The molecule has 0 saturated heterocycles. The van der Waals surface area contributed by atoms with E-state index in [0.29, 0.717) is 4.83 Å². The molecule has 0 spiro atoms. The number of nitrogens with zero attached hydrogens (tertiary/aromatic N) is 1. The fourth-order valence-electron chi connectivity index (χ4n) is 2.41. The molecule has 0 heterocycles. The van der Waals surface area contributed by atoms with Crippen molar-refractivity contribution in [3.63, 3.8) is 0 Å². The largest absolute Gasteiger partial charge is 0.378 e. The van der Waals surface area contributed by atoms with Gasteiger partial charge in [0.05, 0.1) is 4.83 Å². The van der Waals surface area contributed by atoms with Crippen LogP contribution in [0.5, 0.6) is 0 Å². The summed E-state index contributed by atoms with van der Waals surface area (Å²) < 4.78 is 0. The van der Waals surface area contributed by atoms with Gasteiger partial charge >= 0.3 is 0 Å². The van der Waals surface area contributed by atoms with Gasteiger partial charge in [0, 0.05) is 19.8 Å². The summed E-state index contributed by atoms with van der Waals surface area (Å²) in [5.74, 6) is 0. The lowest BCUT2D eigenvalue weighted by Crippen LogP contribution is -2.08. The molecule has 17 heavy (non-hydrogen) atoms. The van der Waals surface area contributed by atoms with Gasteiger partial charge in [-0.15, -0.1) is 0 Å². The van der Waals surface area contributed by atoms with E-state index in [0.717, 1.165) is 0 Å². The van der Waals surface area contributed by atoms with E-state index < -0.39 is 0 Å². The monoisotopic (exact) mass is 287 g/mol. The average molecular weight is 288 g/mol. The van der Waals surface area contributed by atoms with Crippen molar-refractivity contribution in [3.8, 4) is 11.1 Å². The number of alkyl halides is 1. The van der Waals surface area contributed by atoms with E-state index in [1.807, 2.05) is 0 Å². The van der Waals surface area contributed by atoms with Crippen LogP contribution in [0.15, 0.2) is 42.5 Å². The molecule has 0 fully saturated rings. The van der Waals surface area contributed by atoms with Gasteiger partial charge in [0.2, 0.25) is 0 Å². The Labute approximate surface area is 110 Å². The van der Waals surface area contributed by atoms with E-state index in [-0.39, 0.29) is 0 Å². The Morgan fingerprint density at radius 1 is 0.941 bits per heavy atom. The van der Waals surface area contributed by atoms with Gasteiger partial charge in [-0.3, -0.25) is 0 Å². The third kappa shape index (κ3) is 1.59. The second-order valence-electron chi connectivity index (χ2n) is 4.62. The maximum atomic E-state index is 3.80. The Bertz CT molecular complexity index is 575. The molecule has 0 N–H and O–H groups in total. The lowest BCUT2D eigenvalue weighted by Gasteiger charge is -2.14. The molecule has 0 unspecified atom stereocenters. The first kappa shape index (κ1) is 10.8. The summed E-state index contributed by atoms with van der Waals surface area (Å²) in [7, 11) is 4.15. The van der Waals surface area contributed by atoms with Crippen LogP contribution < -0.4 is 4.90 Å². The van der Waals surface area contributed by atoms with Crippen LogP contribution in [0.3, 0.4) is 0 Å². The van der Waals surface area contributed by atoms with Gasteiger partial charge in [0.25, 0.3) is 0 Å². The molecule has 0 radical (unpaired) electrons. The summed E-state index contributed by atoms with van der Waals surface area (Å²) in [5.41, 5.74) is 6.71. The van der Waals surface area contributed by atoms with Gasteiger partial charge in [0.15, 0.2) is 0 Å². The molecule has 0 aliphatic heterocycles. The van der Waals surface area contributed by atoms with Crippen molar-refractivity contribution >= 4 is 21.6 Å². The van der Waals surface area contributed by atoms with Crippen molar-refractivity contribution in [1.29, 1.82) is 0 Å². The molecule has 1 atom stereocenters. The van der Waals surface area contributed by atoms with Crippen LogP contribution >= 0.6 is 15.9 Å². The number of fused-ring (bicyclic) bond motifs is 3. The van der Waals surface area contributed by atoms with Gasteiger partial charge in [-0.1, -0.05) is 46.3 Å². The van der Waals surface area contributed by atoms with E-state index in [1.165, 1.54) is 27.9 Å². The number of halogens is 1. The highest BCUT2D eigenvalue weighted by Crippen LogP contribution is 2.48. The Kier molecular flexibility index (Phi) is 2.48. The maximum absolute atomic E-state index is 3.80. The Balaban J connectivity index is 2.20. The van der Waals surface area contributed by atoms with Crippen LogP contribution in [-0.4, -0.2) is 14.1 Å². The van der Waals surface area contributed by atoms with Crippen molar-refractivity contribution in [2.75, 3.05) is 19.0 Å². The normalized spacial score (nSPS) is 16.5. The Hall–Kier alpha value is -1.28. The smallest absolute Gasteiger partial charge is 0.0657 e. The standard InChI is InChI=1S/C15H14BrN/c1-17(2)10-7-8-12-11-5-3-4-6-13(11)15(16)14(12)9-10/h3-9,15H,1-2H3/t15-/m0/s1. The van der Waals surface area contributed by atoms with E-state index in [9.17, 15) is 0 Å². The highest BCUT2D eigenvalue weighted by atomic mass is 79.9. The topological polar surface area (TPSA) is 3.24 Å². The quantitative estimate of drug-likeness (QED) is 0.710. The summed E-state index contributed by atoms with van der Waals surface area (Å²) >= 11 is 3.80. The van der Waals surface area contributed by atoms with Crippen molar-refractivity contribution < 1.29 is 0 Å². The molecule has 86 valence electrons. The zero-order valence-electron chi connectivity index (χ0n) is 9.94. The second kappa shape index (κ2) is 3.88. The highest BCUT2D eigenvalue weighted by molar-refractivity contribution is 9.09. The molecule has 2 aromatic carbocycles. The second-order valence-corrected chi connectivity index (χ2v) is 5.53. The first-order chi connectivity index (χ1) is 8.18. The summed E-state index contributed by atoms with van der Waals surface area (Å²) in [6.45, 7) is 0. The zero-order chi connectivity index (χ0) is 12.0. The molecular formula is C15H14BrN. The molecule has 0 aromatic heterocycles. The molecule has 1 nitrogen and oxygen atoms in total. The minimum absolute atomic E-state index is 0.327. The predicted molar refractivity (Wildman–Crippen MR) is 77.0 cm³/mol. The third-order valence-corrected chi connectivity index (χ3v) is 4.34. The Morgan fingerprint density at radius 2 is 1.65 bits per heavy atom. The van der Waals surface area contributed by atoms with Gasteiger partial charge in [-0.2, -0.15) is 0 Å². The first-order valence-electron chi connectivity index (χ1n) is 5.73. The number of anilines is 1. The van der Waals surface area contributed by atoms with Gasteiger partial charge in [-0.05, 0) is 34.4 Å².